The van der Waals surface area contributed by atoms with Crippen LogP contribution in [-0.4, -0.2) is 35.7 Å². The van der Waals surface area contributed by atoms with Gasteiger partial charge in [-0.1, -0.05) is 0 Å². The molecule has 1 amide bonds. The van der Waals surface area contributed by atoms with Crippen LogP contribution in [0.1, 0.15) is 27.2 Å². The molecule has 0 aromatic rings. The number of nitrogens with two attached hydrogens (primary N) is 1. The van der Waals surface area contributed by atoms with Gasteiger partial charge in [-0.3, -0.25) is 0 Å². The Labute approximate surface area is 90.8 Å². The number of piperidine rings is 1. The van der Waals surface area contributed by atoms with Crippen molar-refractivity contribution in [1.82, 2.24) is 4.90 Å². The van der Waals surface area contributed by atoms with E-state index in [1.165, 1.54) is 6.42 Å². The number of carbonyl (C=O) groups excluding carboxylic acids is 1. The third kappa shape index (κ3) is 2.43. The number of likely N-dealkylation sites (tertiary alicyclic amines) is 1. The molecule has 2 N–H and O–H groups in total. The molecule has 1 heterocycles. The Bertz CT molecular complexity index is 272. The average Bonchev–Trinajstić information content (AvgIpc) is 2.79. The van der Waals surface area contributed by atoms with E-state index in [-0.39, 0.29) is 12.1 Å². The van der Waals surface area contributed by atoms with Crippen molar-refractivity contribution >= 4 is 6.09 Å². The minimum Gasteiger partial charge on any atom is -0.444 e. The number of hydrogen-bond acceptors (Lipinski definition) is 3. The predicted molar refractivity (Wildman–Crippen MR) is 57.4 cm³/mol. The largest absolute Gasteiger partial charge is 0.444 e. The molecule has 0 radical (unpaired) electrons. The molecular weight excluding hydrogens is 192 g/mol. The molecule has 0 spiro atoms. The molecule has 1 saturated carbocycles. The Morgan fingerprint density at radius 3 is 2.60 bits per heavy atom. The van der Waals surface area contributed by atoms with Crippen LogP contribution in [0, 0.1) is 11.8 Å². The van der Waals surface area contributed by atoms with Gasteiger partial charge in [0.15, 0.2) is 0 Å². The Morgan fingerprint density at radius 1 is 1.40 bits per heavy atom. The highest BCUT2D eigenvalue weighted by molar-refractivity contribution is 5.68. The molecular formula is C11H20N2O2. The van der Waals surface area contributed by atoms with Gasteiger partial charge in [-0.05, 0) is 39.0 Å². The number of nitrogens with zero attached hydrogens (tertiary/aromatic N) is 1. The highest BCUT2D eigenvalue weighted by Gasteiger charge is 2.48. The van der Waals surface area contributed by atoms with E-state index in [4.69, 9.17) is 10.5 Å². The minimum absolute atomic E-state index is 0.149. The van der Waals surface area contributed by atoms with Crippen LogP contribution >= 0.6 is 0 Å². The van der Waals surface area contributed by atoms with E-state index in [9.17, 15) is 4.79 Å². The minimum atomic E-state index is -0.415. The van der Waals surface area contributed by atoms with E-state index in [1.54, 1.807) is 4.90 Å². The summed E-state index contributed by atoms with van der Waals surface area (Å²) in [6.07, 6.45) is 0.962. The lowest BCUT2D eigenvalue weighted by Gasteiger charge is -2.32. The second-order valence-electron chi connectivity index (χ2n) is 5.71. The molecule has 0 aromatic carbocycles. The highest BCUT2D eigenvalue weighted by atomic mass is 16.6. The Morgan fingerprint density at radius 2 is 2.07 bits per heavy atom. The van der Waals surface area contributed by atoms with Crippen LogP contribution in [0.5, 0.6) is 0 Å². The maximum absolute atomic E-state index is 11.8. The van der Waals surface area contributed by atoms with Gasteiger partial charge < -0.3 is 15.4 Å². The van der Waals surface area contributed by atoms with Crippen molar-refractivity contribution in [3.63, 3.8) is 0 Å². The normalized spacial score (nSPS) is 34.7. The molecule has 0 bridgehead atoms. The lowest BCUT2D eigenvalue weighted by molar-refractivity contribution is 0.0191. The Kier molecular flexibility index (Phi) is 2.41. The zero-order chi connectivity index (χ0) is 11.2. The molecule has 0 aromatic heterocycles. The van der Waals surface area contributed by atoms with Gasteiger partial charge in [-0.25, -0.2) is 4.79 Å². The number of ether oxygens (including phenoxy) is 1. The van der Waals surface area contributed by atoms with Gasteiger partial charge in [-0.2, -0.15) is 0 Å². The van der Waals surface area contributed by atoms with Gasteiger partial charge in [0.1, 0.15) is 5.60 Å². The van der Waals surface area contributed by atoms with E-state index in [1.807, 2.05) is 20.8 Å². The summed E-state index contributed by atoms with van der Waals surface area (Å²) in [5, 5.41) is 0. The SMILES string of the molecule is CC(C)(C)OC(=O)N1C[C@H]2C[C@@H]2[C@H](N)C1. The van der Waals surface area contributed by atoms with E-state index in [2.05, 4.69) is 0 Å². The van der Waals surface area contributed by atoms with Crippen LogP contribution in [0.25, 0.3) is 0 Å². The Hall–Kier alpha value is -0.770. The van der Waals surface area contributed by atoms with Crippen molar-refractivity contribution in [3.05, 3.63) is 0 Å². The number of rotatable bonds is 0. The van der Waals surface area contributed by atoms with Gasteiger partial charge >= 0.3 is 6.09 Å². The molecule has 4 heteroatoms. The molecule has 2 rings (SSSR count). The van der Waals surface area contributed by atoms with Crippen molar-refractivity contribution in [2.45, 2.75) is 38.8 Å². The fourth-order valence-corrected chi connectivity index (χ4v) is 2.23. The van der Waals surface area contributed by atoms with Gasteiger partial charge in [0.2, 0.25) is 0 Å². The Balaban J connectivity index is 1.90. The maximum Gasteiger partial charge on any atom is 0.410 e. The smallest absolute Gasteiger partial charge is 0.410 e. The molecule has 1 saturated heterocycles. The fourth-order valence-electron chi connectivity index (χ4n) is 2.23. The summed E-state index contributed by atoms with van der Waals surface area (Å²) >= 11 is 0. The maximum atomic E-state index is 11.8. The number of fused-ring (bicyclic) bond motifs is 1. The van der Waals surface area contributed by atoms with Crippen molar-refractivity contribution in [2.24, 2.45) is 17.6 Å². The average molecular weight is 212 g/mol. The van der Waals surface area contributed by atoms with Crippen molar-refractivity contribution in [3.8, 4) is 0 Å². The predicted octanol–water partition coefficient (Wildman–Crippen LogP) is 1.20. The highest BCUT2D eigenvalue weighted by Crippen LogP contribution is 2.44. The second kappa shape index (κ2) is 3.37. The molecule has 1 aliphatic carbocycles. The molecule has 3 atom stereocenters. The van der Waals surface area contributed by atoms with Crippen molar-refractivity contribution in [2.75, 3.05) is 13.1 Å². The van der Waals surface area contributed by atoms with E-state index < -0.39 is 5.60 Å². The van der Waals surface area contributed by atoms with Crippen LogP contribution in [0.3, 0.4) is 0 Å². The lowest BCUT2D eigenvalue weighted by Crippen LogP contribution is -2.48. The molecule has 4 nitrogen and oxygen atoms in total. The first-order valence-corrected chi connectivity index (χ1v) is 5.60. The van der Waals surface area contributed by atoms with Crippen LogP contribution in [0.15, 0.2) is 0 Å². The molecule has 15 heavy (non-hydrogen) atoms. The third-order valence-corrected chi connectivity index (χ3v) is 3.07. The zero-order valence-corrected chi connectivity index (χ0v) is 9.69. The number of carbonyl (C=O) groups is 1. The summed E-state index contributed by atoms with van der Waals surface area (Å²) in [7, 11) is 0. The summed E-state index contributed by atoms with van der Waals surface area (Å²) in [5.41, 5.74) is 5.55. The number of amides is 1. The lowest BCUT2D eigenvalue weighted by atomic mass is 10.1. The summed E-state index contributed by atoms with van der Waals surface area (Å²) in [6, 6.07) is 0.149. The fraction of sp³-hybridized carbons (Fsp3) is 0.909. The second-order valence-corrected chi connectivity index (χ2v) is 5.71. The first-order valence-electron chi connectivity index (χ1n) is 5.60. The quantitative estimate of drug-likeness (QED) is 0.656. The van der Waals surface area contributed by atoms with Gasteiger partial charge in [-0.15, -0.1) is 0 Å². The topological polar surface area (TPSA) is 55.6 Å². The van der Waals surface area contributed by atoms with Gasteiger partial charge in [0.05, 0.1) is 0 Å². The van der Waals surface area contributed by atoms with Crippen LogP contribution in [-0.2, 0) is 4.74 Å². The summed E-state index contributed by atoms with van der Waals surface area (Å²) in [4.78, 5) is 13.5. The third-order valence-electron chi connectivity index (χ3n) is 3.07. The monoisotopic (exact) mass is 212 g/mol. The van der Waals surface area contributed by atoms with Gasteiger partial charge in [0, 0.05) is 19.1 Å². The summed E-state index contributed by atoms with van der Waals surface area (Å²) < 4.78 is 5.32. The first-order chi connectivity index (χ1) is 6.87. The molecule has 86 valence electrons. The molecule has 0 unspecified atom stereocenters. The molecule has 1 aliphatic heterocycles. The van der Waals surface area contributed by atoms with E-state index >= 15 is 0 Å². The van der Waals surface area contributed by atoms with Crippen LogP contribution in [0.2, 0.25) is 0 Å². The molecule has 2 aliphatic rings. The van der Waals surface area contributed by atoms with Gasteiger partial charge in [0.25, 0.3) is 0 Å². The first kappa shape index (κ1) is 10.7. The van der Waals surface area contributed by atoms with E-state index in [0.29, 0.717) is 18.4 Å². The zero-order valence-electron chi connectivity index (χ0n) is 9.69. The van der Waals surface area contributed by atoms with Crippen LogP contribution in [0.4, 0.5) is 4.79 Å². The van der Waals surface area contributed by atoms with Crippen LogP contribution < -0.4 is 5.73 Å². The number of hydrogen-bond donors (Lipinski definition) is 1. The van der Waals surface area contributed by atoms with Crippen molar-refractivity contribution < 1.29 is 9.53 Å². The summed E-state index contributed by atoms with van der Waals surface area (Å²) in [6.45, 7) is 7.13. The van der Waals surface area contributed by atoms with Crippen molar-refractivity contribution in [1.29, 1.82) is 0 Å². The van der Waals surface area contributed by atoms with E-state index in [0.717, 1.165) is 6.54 Å². The summed E-state index contributed by atoms with van der Waals surface area (Å²) in [5.74, 6) is 1.28. The standard InChI is InChI=1S/C11H20N2O2/c1-11(2,3)15-10(14)13-5-7-4-8(7)9(12)6-13/h7-9H,4-6,12H2,1-3H3/t7-,8+,9-/m1/s1. The molecule has 2 fully saturated rings.